The van der Waals surface area contributed by atoms with E-state index in [0.29, 0.717) is 11.7 Å². The van der Waals surface area contributed by atoms with Crippen molar-refractivity contribution in [1.29, 1.82) is 0 Å². The van der Waals surface area contributed by atoms with Gasteiger partial charge >= 0.3 is 0 Å². The summed E-state index contributed by atoms with van der Waals surface area (Å²) in [5, 5.41) is 0. The first-order valence-electron chi connectivity index (χ1n) is 7.24. The van der Waals surface area contributed by atoms with Gasteiger partial charge in [-0.1, -0.05) is 52.4 Å². The van der Waals surface area contributed by atoms with Gasteiger partial charge in [0, 0.05) is 11.3 Å². The first-order chi connectivity index (χ1) is 7.70. The van der Waals surface area contributed by atoms with Crippen molar-refractivity contribution in [2.24, 2.45) is 17.3 Å². The molecule has 3 unspecified atom stereocenters. The molecule has 0 aromatic carbocycles. The molecule has 3 atom stereocenters. The van der Waals surface area contributed by atoms with Gasteiger partial charge in [0.1, 0.15) is 5.78 Å². The van der Waals surface area contributed by atoms with Gasteiger partial charge < -0.3 is 0 Å². The Bertz CT molecular complexity index is 258. The summed E-state index contributed by atoms with van der Waals surface area (Å²) in [7, 11) is 0. The van der Waals surface area contributed by atoms with Crippen molar-refractivity contribution < 1.29 is 4.79 Å². The van der Waals surface area contributed by atoms with Crippen LogP contribution < -0.4 is 0 Å². The third-order valence-electron chi connectivity index (χ3n) is 5.03. The van der Waals surface area contributed by atoms with Crippen LogP contribution in [0, 0.1) is 17.3 Å². The van der Waals surface area contributed by atoms with Crippen LogP contribution in [-0.4, -0.2) is 5.78 Å². The van der Waals surface area contributed by atoms with Crippen LogP contribution in [0.5, 0.6) is 0 Å². The summed E-state index contributed by atoms with van der Waals surface area (Å²) in [4.78, 5) is 12.2. The number of carbonyl (C=O) groups is 1. The summed E-state index contributed by atoms with van der Waals surface area (Å²) in [5.41, 5.74) is 0.105. The summed E-state index contributed by atoms with van der Waals surface area (Å²) < 4.78 is 0. The molecule has 0 bridgehead atoms. The van der Waals surface area contributed by atoms with Crippen LogP contribution in [0.3, 0.4) is 0 Å². The Kier molecular flexibility index (Phi) is 3.71. The van der Waals surface area contributed by atoms with E-state index in [1.54, 1.807) is 0 Å². The molecule has 2 aliphatic rings. The molecule has 1 nitrogen and oxygen atoms in total. The SMILES string of the molecule is CCCCCCC1C(=O)C2(C)CCCCC12. The van der Waals surface area contributed by atoms with Crippen molar-refractivity contribution in [3.8, 4) is 0 Å². The number of rotatable bonds is 5. The molecule has 2 saturated carbocycles. The number of hydrogen-bond donors (Lipinski definition) is 0. The minimum Gasteiger partial charge on any atom is -0.299 e. The zero-order valence-electron chi connectivity index (χ0n) is 10.9. The number of fused-ring (bicyclic) bond motifs is 1. The molecule has 0 aliphatic heterocycles. The van der Waals surface area contributed by atoms with E-state index in [1.165, 1.54) is 57.8 Å². The Labute approximate surface area is 100.0 Å². The van der Waals surface area contributed by atoms with Crippen LogP contribution in [0.2, 0.25) is 0 Å². The normalized spacial score (nSPS) is 38.0. The molecule has 0 amide bonds. The highest BCUT2D eigenvalue weighted by molar-refractivity contribution is 5.93. The lowest BCUT2D eigenvalue weighted by Crippen LogP contribution is -2.57. The minimum absolute atomic E-state index is 0.105. The van der Waals surface area contributed by atoms with Crippen molar-refractivity contribution in [2.75, 3.05) is 0 Å². The molecule has 0 aromatic heterocycles. The summed E-state index contributed by atoms with van der Waals surface area (Å²) in [5.74, 6) is 1.80. The van der Waals surface area contributed by atoms with Gasteiger partial charge in [0.05, 0.1) is 0 Å². The van der Waals surface area contributed by atoms with Crippen LogP contribution in [0.4, 0.5) is 0 Å². The predicted molar refractivity (Wildman–Crippen MR) is 67.3 cm³/mol. The molecule has 2 aliphatic carbocycles. The fraction of sp³-hybridized carbons (Fsp3) is 0.933. The highest BCUT2D eigenvalue weighted by atomic mass is 16.1. The topological polar surface area (TPSA) is 17.1 Å². The van der Waals surface area contributed by atoms with Gasteiger partial charge in [-0.3, -0.25) is 4.79 Å². The Morgan fingerprint density at radius 1 is 1.25 bits per heavy atom. The average molecular weight is 222 g/mol. The highest BCUT2D eigenvalue weighted by Gasteiger charge is 2.58. The van der Waals surface area contributed by atoms with Gasteiger partial charge in [0.2, 0.25) is 0 Å². The quantitative estimate of drug-likeness (QED) is 0.632. The van der Waals surface area contributed by atoms with Crippen molar-refractivity contribution in [2.45, 2.75) is 71.6 Å². The van der Waals surface area contributed by atoms with Gasteiger partial charge in [0.15, 0.2) is 0 Å². The summed E-state index contributed by atoms with van der Waals surface area (Å²) >= 11 is 0. The molecule has 0 aromatic rings. The lowest BCUT2D eigenvalue weighted by atomic mass is 9.47. The molecule has 2 fully saturated rings. The summed E-state index contributed by atoms with van der Waals surface area (Å²) in [6.45, 7) is 4.47. The van der Waals surface area contributed by atoms with Crippen LogP contribution in [0.1, 0.15) is 71.6 Å². The van der Waals surface area contributed by atoms with Crippen LogP contribution in [0.15, 0.2) is 0 Å². The Morgan fingerprint density at radius 3 is 2.81 bits per heavy atom. The Balaban J connectivity index is 1.81. The van der Waals surface area contributed by atoms with Gasteiger partial charge in [-0.05, 0) is 25.2 Å². The number of unbranched alkanes of at least 4 members (excludes halogenated alkanes) is 3. The van der Waals surface area contributed by atoms with E-state index in [-0.39, 0.29) is 5.41 Å². The largest absolute Gasteiger partial charge is 0.299 e. The van der Waals surface area contributed by atoms with E-state index in [9.17, 15) is 4.79 Å². The lowest BCUT2D eigenvalue weighted by Gasteiger charge is -2.54. The lowest BCUT2D eigenvalue weighted by molar-refractivity contribution is -0.161. The zero-order valence-corrected chi connectivity index (χ0v) is 10.9. The Morgan fingerprint density at radius 2 is 2.06 bits per heavy atom. The molecular weight excluding hydrogens is 196 g/mol. The molecule has 1 heteroatoms. The van der Waals surface area contributed by atoms with Crippen LogP contribution in [-0.2, 0) is 4.79 Å². The summed E-state index contributed by atoms with van der Waals surface area (Å²) in [6, 6.07) is 0. The summed E-state index contributed by atoms with van der Waals surface area (Å²) in [6.07, 6.45) is 11.5. The third kappa shape index (κ3) is 1.94. The van der Waals surface area contributed by atoms with Crippen molar-refractivity contribution >= 4 is 5.78 Å². The molecular formula is C15H26O. The predicted octanol–water partition coefficient (Wildman–Crippen LogP) is 4.35. The second-order valence-corrected chi connectivity index (χ2v) is 6.09. The molecule has 0 N–H and O–H groups in total. The highest BCUT2D eigenvalue weighted by Crippen LogP contribution is 2.57. The van der Waals surface area contributed by atoms with E-state index in [1.807, 2.05) is 0 Å². The van der Waals surface area contributed by atoms with Gasteiger partial charge in [-0.25, -0.2) is 0 Å². The second-order valence-electron chi connectivity index (χ2n) is 6.09. The maximum Gasteiger partial charge on any atom is 0.142 e. The standard InChI is InChI=1S/C15H26O/c1-3-4-5-6-9-12-13-10-7-8-11-15(13,2)14(12)16/h12-13H,3-11H2,1-2H3. The number of Topliss-reactive ketones (excluding diaryl/α,β-unsaturated/α-hetero) is 1. The average Bonchev–Trinajstić information content (AvgIpc) is 2.30. The molecule has 0 spiro atoms. The van der Waals surface area contributed by atoms with E-state index in [2.05, 4.69) is 13.8 Å². The maximum atomic E-state index is 12.2. The molecule has 0 heterocycles. The van der Waals surface area contributed by atoms with Gasteiger partial charge in [-0.2, -0.15) is 0 Å². The zero-order chi connectivity index (χ0) is 11.6. The second kappa shape index (κ2) is 4.89. The van der Waals surface area contributed by atoms with Gasteiger partial charge in [-0.15, -0.1) is 0 Å². The van der Waals surface area contributed by atoms with Gasteiger partial charge in [0.25, 0.3) is 0 Å². The first-order valence-corrected chi connectivity index (χ1v) is 7.24. The Hall–Kier alpha value is -0.330. The monoisotopic (exact) mass is 222 g/mol. The van der Waals surface area contributed by atoms with Crippen molar-refractivity contribution in [3.05, 3.63) is 0 Å². The van der Waals surface area contributed by atoms with E-state index >= 15 is 0 Å². The van der Waals surface area contributed by atoms with E-state index < -0.39 is 0 Å². The van der Waals surface area contributed by atoms with Crippen LogP contribution in [0.25, 0.3) is 0 Å². The fourth-order valence-electron chi connectivity index (χ4n) is 3.94. The van der Waals surface area contributed by atoms with Crippen molar-refractivity contribution in [3.63, 3.8) is 0 Å². The van der Waals surface area contributed by atoms with E-state index in [0.717, 1.165) is 5.92 Å². The molecule has 16 heavy (non-hydrogen) atoms. The minimum atomic E-state index is 0.105. The van der Waals surface area contributed by atoms with E-state index in [4.69, 9.17) is 0 Å². The fourth-order valence-corrected chi connectivity index (χ4v) is 3.94. The number of ketones is 1. The number of carbonyl (C=O) groups excluding carboxylic acids is 1. The molecule has 0 saturated heterocycles. The first kappa shape index (κ1) is 12.1. The van der Waals surface area contributed by atoms with Crippen LogP contribution >= 0.6 is 0 Å². The number of hydrogen-bond acceptors (Lipinski definition) is 1. The smallest absolute Gasteiger partial charge is 0.142 e. The van der Waals surface area contributed by atoms with Crippen molar-refractivity contribution in [1.82, 2.24) is 0 Å². The molecule has 92 valence electrons. The maximum absolute atomic E-state index is 12.2. The third-order valence-corrected chi connectivity index (χ3v) is 5.03. The molecule has 0 radical (unpaired) electrons. The molecule has 2 rings (SSSR count).